The molecule has 1 fully saturated rings. The SMILES string of the molecule is Cc1cccc(NC(=O)CN2C(=O)N/C(=C/c3ccc(N(C)C)c(Br)c3)C2=O)c1. The molecule has 1 saturated heterocycles. The van der Waals surface area contributed by atoms with E-state index in [2.05, 4.69) is 26.6 Å². The van der Waals surface area contributed by atoms with Gasteiger partial charge in [-0.15, -0.1) is 0 Å². The molecule has 4 amide bonds. The number of halogens is 1. The zero-order chi connectivity index (χ0) is 21.1. The molecule has 2 aromatic rings. The second kappa shape index (κ2) is 8.48. The Morgan fingerprint density at radius 1 is 1.21 bits per heavy atom. The van der Waals surface area contributed by atoms with Crippen molar-refractivity contribution in [1.82, 2.24) is 10.2 Å². The van der Waals surface area contributed by atoms with Crippen LogP contribution in [0.3, 0.4) is 0 Å². The van der Waals surface area contributed by atoms with E-state index in [0.29, 0.717) is 5.69 Å². The summed E-state index contributed by atoms with van der Waals surface area (Å²) in [5, 5.41) is 5.23. The lowest BCUT2D eigenvalue weighted by atomic mass is 10.1. The van der Waals surface area contributed by atoms with Gasteiger partial charge >= 0.3 is 6.03 Å². The molecule has 0 bridgehead atoms. The first-order valence-corrected chi connectivity index (χ1v) is 9.72. The lowest BCUT2D eigenvalue weighted by Gasteiger charge is -2.14. The fraction of sp³-hybridized carbons (Fsp3) is 0.190. The van der Waals surface area contributed by atoms with Crippen LogP contribution in [0.2, 0.25) is 0 Å². The molecule has 0 saturated carbocycles. The number of nitrogens with zero attached hydrogens (tertiary/aromatic N) is 2. The molecule has 0 aromatic heterocycles. The number of imide groups is 1. The van der Waals surface area contributed by atoms with E-state index in [-0.39, 0.29) is 12.2 Å². The van der Waals surface area contributed by atoms with Gasteiger partial charge in [-0.2, -0.15) is 0 Å². The second-order valence-electron chi connectivity index (χ2n) is 6.90. The van der Waals surface area contributed by atoms with Crippen LogP contribution < -0.4 is 15.5 Å². The van der Waals surface area contributed by atoms with E-state index in [4.69, 9.17) is 0 Å². The maximum Gasteiger partial charge on any atom is 0.329 e. The number of benzene rings is 2. The van der Waals surface area contributed by atoms with Crippen molar-refractivity contribution in [1.29, 1.82) is 0 Å². The first-order chi connectivity index (χ1) is 13.7. The highest BCUT2D eigenvalue weighted by Crippen LogP contribution is 2.27. The first-order valence-electron chi connectivity index (χ1n) is 8.92. The quantitative estimate of drug-likeness (QED) is 0.533. The number of hydrogen-bond donors (Lipinski definition) is 2. The van der Waals surface area contributed by atoms with E-state index in [0.717, 1.165) is 26.2 Å². The fourth-order valence-corrected chi connectivity index (χ4v) is 3.68. The van der Waals surface area contributed by atoms with Gasteiger partial charge in [-0.3, -0.25) is 9.59 Å². The number of urea groups is 1. The van der Waals surface area contributed by atoms with Gasteiger partial charge in [-0.25, -0.2) is 9.69 Å². The summed E-state index contributed by atoms with van der Waals surface area (Å²) in [5.74, 6) is -0.986. The number of carbonyl (C=O) groups excluding carboxylic acids is 3. The first kappa shape index (κ1) is 20.6. The Morgan fingerprint density at radius 2 is 1.97 bits per heavy atom. The van der Waals surface area contributed by atoms with Crippen molar-refractivity contribution in [2.24, 2.45) is 0 Å². The van der Waals surface area contributed by atoms with E-state index < -0.39 is 17.8 Å². The molecule has 0 aliphatic carbocycles. The van der Waals surface area contributed by atoms with Gasteiger partial charge in [0.15, 0.2) is 0 Å². The Kier molecular flexibility index (Phi) is 6.03. The molecule has 0 radical (unpaired) electrons. The van der Waals surface area contributed by atoms with Crippen molar-refractivity contribution in [3.63, 3.8) is 0 Å². The minimum Gasteiger partial charge on any atom is -0.377 e. The third-order valence-electron chi connectivity index (χ3n) is 4.33. The van der Waals surface area contributed by atoms with Crippen LogP contribution >= 0.6 is 15.9 Å². The Bertz CT molecular complexity index is 1020. The van der Waals surface area contributed by atoms with Crippen LogP contribution in [0.15, 0.2) is 52.6 Å². The topological polar surface area (TPSA) is 81.8 Å². The van der Waals surface area contributed by atoms with Crippen LogP contribution in [0, 0.1) is 6.92 Å². The summed E-state index contributed by atoms with van der Waals surface area (Å²) in [4.78, 5) is 39.9. The lowest BCUT2D eigenvalue weighted by Crippen LogP contribution is -2.38. The largest absolute Gasteiger partial charge is 0.377 e. The molecule has 0 unspecified atom stereocenters. The van der Waals surface area contributed by atoms with E-state index in [1.807, 2.05) is 62.3 Å². The number of anilines is 2. The number of carbonyl (C=O) groups is 3. The molecule has 2 N–H and O–H groups in total. The molecule has 0 spiro atoms. The van der Waals surface area contributed by atoms with Crippen molar-refractivity contribution in [2.75, 3.05) is 30.9 Å². The summed E-state index contributed by atoms with van der Waals surface area (Å²) < 4.78 is 0.864. The number of rotatable bonds is 5. The van der Waals surface area contributed by atoms with Gasteiger partial charge in [0.1, 0.15) is 12.2 Å². The molecular formula is C21H21BrN4O3. The zero-order valence-corrected chi connectivity index (χ0v) is 17.9. The predicted molar refractivity (Wildman–Crippen MR) is 116 cm³/mol. The lowest BCUT2D eigenvalue weighted by molar-refractivity contribution is -0.127. The van der Waals surface area contributed by atoms with Gasteiger partial charge in [-0.1, -0.05) is 18.2 Å². The van der Waals surface area contributed by atoms with E-state index in [1.54, 1.807) is 12.1 Å². The maximum absolute atomic E-state index is 12.6. The molecule has 8 heteroatoms. The van der Waals surface area contributed by atoms with Gasteiger partial charge in [0, 0.05) is 24.3 Å². The Balaban J connectivity index is 1.71. The van der Waals surface area contributed by atoms with Crippen LogP contribution in [0.5, 0.6) is 0 Å². The molecule has 3 rings (SSSR count). The number of amides is 4. The van der Waals surface area contributed by atoms with E-state index >= 15 is 0 Å². The fourth-order valence-electron chi connectivity index (χ4n) is 2.92. The van der Waals surface area contributed by atoms with Crippen molar-refractivity contribution in [2.45, 2.75) is 6.92 Å². The molecule has 29 heavy (non-hydrogen) atoms. The monoisotopic (exact) mass is 456 g/mol. The summed E-state index contributed by atoms with van der Waals surface area (Å²) in [5.41, 5.74) is 3.47. The number of hydrogen-bond acceptors (Lipinski definition) is 4. The van der Waals surface area contributed by atoms with Crippen molar-refractivity contribution >= 4 is 51.2 Å². The van der Waals surface area contributed by atoms with Gasteiger partial charge in [0.2, 0.25) is 5.91 Å². The predicted octanol–water partition coefficient (Wildman–Crippen LogP) is 3.35. The minimum atomic E-state index is -0.621. The maximum atomic E-state index is 12.6. The Morgan fingerprint density at radius 3 is 2.62 bits per heavy atom. The summed E-state index contributed by atoms with van der Waals surface area (Å²) in [6.07, 6.45) is 1.59. The van der Waals surface area contributed by atoms with Crippen LogP contribution in [0.4, 0.5) is 16.2 Å². The van der Waals surface area contributed by atoms with Crippen LogP contribution in [0.25, 0.3) is 6.08 Å². The molecule has 0 atom stereocenters. The van der Waals surface area contributed by atoms with Crippen LogP contribution in [-0.4, -0.2) is 43.4 Å². The van der Waals surface area contributed by atoms with Gasteiger partial charge in [0.25, 0.3) is 5.91 Å². The van der Waals surface area contributed by atoms with Crippen LogP contribution in [-0.2, 0) is 9.59 Å². The molecule has 1 heterocycles. The van der Waals surface area contributed by atoms with E-state index in [1.165, 1.54) is 0 Å². The summed E-state index contributed by atoms with van der Waals surface area (Å²) in [6.45, 7) is 1.55. The van der Waals surface area contributed by atoms with Crippen molar-refractivity contribution in [3.8, 4) is 0 Å². The van der Waals surface area contributed by atoms with Crippen molar-refractivity contribution < 1.29 is 14.4 Å². The highest BCUT2D eigenvalue weighted by molar-refractivity contribution is 9.10. The second-order valence-corrected chi connectivity index (χ2v) is 7.76. The molecule has 2 aromatic carbocycles. The van der Waals surface area contributed by atoms with Crippen molar-refractivity contribution in [3.05, 3.63) is 63.8 Å². The molecule has 1 aliphatic rings. The Labute approximate surface area is 177 Å². The highest BCUT2D eigenvalue weighted by Gasteiger charge is 2.34. The van der Waals surface area contributed by atoms with Gasteiger partial charge in [0.05, 0.1) is 5.69 Å². The van der Waals surface area contributed by atoms with E-state index in [9.17, 15) is 14.4 Å². The normalized spacial score (nSPS) is 14.9. The van der Waals surface area contributed by atoms with Gasteiger partial charge in [-0.05, 0) is 64.3 Å². The molecular weight excluding hydrogens is 436 g/mol. The summed E-state index contributed by atoms with van der Waals surface area (Å²) in [6, 6.07) is 12.3. The minimum absolute atomic E-state index is 0.128. The Hall–Kier alpha value is -3.13. The van der Waals surface area contributed by atoms with Crippen LogP contribution in [0.1, 0.15) is 11.1 Å². The summed E-state index contributed by atoms with van der Waals surface area (Å²) in [7, 11) is 3.86. The highest BCUT2D eigenvalue weighted by atomic mass is 79.9. The third-order valence-corrected chi connectivity index (χ3v) is 4.97. The average Bonchev–Trinajstić information content (AvgIpc) is 2.89. The number of aryl methyl sites for hydroxylation is 1. The smallest absolute Gasteiger partial charge is 0.329 e. The third kappa shape index (κ3) is 4.83. The number of nitrogens with one attached hydrogen (secondary N) is 2. The molecule has 7 nitrogen and oxygen atoms in total. The molecule has 1 aliphatic heterocycles. The molecule has 150 valence electrons. The average molecular weight is 457 g/mol. The van der Waals surface area contributed by atoms with Gasteiger partial charge < -0.3 is 15.5 Å². The standard InChI is InChI=1S/C21H21BrN4O3/c1-13-5-4-6-15(9-13)23-19(27)12-26-20(28)17(24-21(26)29)11-14-7-8-18(25(2)3)16(22)10-14/h4-11H,12H2,1-3H3,(H,23,27)(H,24,29)/b17-11+. The summed E-state index contributed by atoms with van der Waals surface area (Å²) >= 11 is 3.50. The zero-order valence-electron chi connectivity index (χ0n) is 16.3.